The fourth-order valence-electron chi connectivity index (χ4n) is 3.56. The lowest BCUT2D eigenvalue weighted by atomic mass is 9.78. The van der Waals surface area contributed by atoms with Crippen LogP contribution in [0.1, 0.15) is 42.0 Å². The maximum atomic E-state index is 12.6. The second-order valence-electron chi connectivity index (χ2n) is 6.27. The summed E-state index contributed by atoms with van der Waals surface area (Å²) in [6, 6.07) is 3.65. The highest BCUT2D eigenvalue weighted by Gasteiger charge is 2.39. The summed E-state index contributed by atoms with van der Waals surface area (Å²) in [6.45, 7) is 8.37. The number of nitrogens with zero attached hydrogens (tertiary/aromatic N) is 2. The predicted molar refractivity (Wildman–Crippen MR) is 97.3 cm³/mol. The fourth-order valence-corrected chi connectivity index (χ4v) is 3.56. The van der Waals surface area contributed by atoms with E-state index < -0.39 is 16.8 Å². The van der Waals surface area contributed by atoms with Gasteiger partial charge in [0.05, 0.1) is 23.0 Å². The molecule has 0 saturated carbocycles. The molecule has 0 bridgehead atoms. The highest BCUT2D eigenvalue weighted by Crippen LogP contribution is 2.44. The van der Waals surface area contributed by atoms with Crippen molar-refractivity contribution in [1.82, 2.24) is 0 Å². The van der Waals surface area contributed by atoms with Crippen LogP contribution in [-0.4, -0.2) is 17.5 Å². The molecule has 1 aliphatic rings. The van der Waals surface area contributed by atoms with E-state index in [1.807, 2.05) is 6.07 Å². The SMILES string of the molecule is CCOC(=O)C1=C(C)OC(N)=C(C#N)[C@@H]1c1c(C)cc(C)c([N+](=O)[O-])c1C. The third-order valence-corrected chi connectivity index (χ3v) is 4.56. The highest BCUT2D eigenvalue weighted by atomic mass is 16.6. The van der Waals surface area contributed by atoms with E-state index in [0.29, 0.717) is 22.3 Å². The van der Waals surface area contributed by atoms with Crippen LogP contribution in [0.5, 0.6) is 0 Å². The second-order valence-corrected chi connectivity index (χ2v) is 6.27. The van der Waals surface area contributed by atoms with E-state index in [9.17, 15) is 20.2 Å². The quantitative estimate of drug-likeness (QED) is 0.489. The molecule has 27 heavy (non-hydrogen) atoms. The number of nitrogens with two attached hydrogens (primary N) is 1. The average molecular weight is 371 g/mol. The molecule has 1 aromatic carbocycles. The standard InChI is InChI=1S/C19H21N3O5/c1-6-26-19(23)15-12(5)27-18(21)13(8-20)16(15)14-9(2)7-10(3)17(11(14)4)22(24)25/h7,16H,6,21H2,1-5H3/t16-/m1/s1. The zero-order chi connectivity index (χ0) is 20.5. The molecule has 0 saturated heterocycles. The summed E-state index contributed by atoms with van der Waals surface area (Å²) in [6.07, 6.45) is 0. The van der Waals surface area contributed by atoms with Crippen molar-refractivity contribution in [3.05, 3.63) is 61.2 Å². The van der Waals surface area contributed by atoms with Crippen molar-refractivity contribution < 1.29 is 19.2 Å². The predicted octanol–water partition coefficient (Wildman–Crippen LogP) is 3.16. The van der Waals surface area contributed by atoms with Gasteiger partial charge in [0.2, 0.25) is 5.88 Å². The van der Waals surface area contributed by atoms with E-state index in [2.05, 4.69) is 0 Å². The molecule has 142 valence electrons. The first-order valence-electron chi connectivity index (χ1n) is 8.36. The Labute approximate surface area is 157 Å². The first kappa shape index (κ1) is 20.0. The summed E-state index contributed by atoms with van der Waals surface area (Å²) < 4.78 is 10.5. The number of nitro benzene ring substituents is 1. The molecule has 8 nitrogen and oxygen atoms in total. The molecule has 2 N–H and O–H groups in total. The number of carbonyl (C=O) groups is 1. The van der Waals surface area contributed by atoms with Gasteiger partial charge in [-0.1, -0.05) is 0 Å². The third kappa shape index (κ3) is 3.36. The van der Waals surface area contributed by atoms with E-state index >= 15 is 0 Å². The summed E-state index contributed by atoms with van der Waals surface area (Å²) in [4.78, 5) is 23.7. The Kier molecular flexibility index (Phi) is 5.55. The number of nitriles is 1. The fraction of sp³-hybridized carbons (Fsp3) is 0.368. The smallest absolute Gasteiger partial charge is 0.338 e. The molecular weight excluding hydrogens is 350 g/mol. The lowest BCUT2D eigenvalue weighted by Gasteiger charge is -2.29. The maximum absolute atomic E-state index is 12.6. The van der Waals surface area contributed by atoms with Crippen molar-refractivity contribution in [2.45, 2.75) is 40.5 Å². The number of nitro groups is 1. The lowest BCUT2D eigenvalue weighted by molar-refractivity contribution is -0.386. The van der Waals surface area contributed by atoms with Gasteiger partial charge in [-0.2, -0.15) is 5.26 Å². The number of hydrogen-bond acceptors (Lipinski definition) is 7. The van der Waals surface area contributed by atoms with Gasteiger partial charge in [-0.25, -0.2) is 4.79 Å². The van der Waals surface area contributed by atoms with Gasteiger partial charge in [-0.05, 0) is 51.8 Å². The van der Waals surface area contributed by atoms with Crippen LogP contribution < -0.4 is 5.73 Å². The Morgan fingerprint density at radius 2 is 2.00 bits per heavy atom. The summed E-state index contributed by atoms with van der Waals surface area (Å²) in [7, 11) is 0. The average Bonchev–Trinajstić information content (AvgIpc) is 2.53. The first-order chi connectivity index (χ1) is 12.6. The van der Waals surface area contributed by atoms with Crippen LogP contribution in [0.2, 0.25) is 0 Å². The van der Waals surface area contributed by atoms with Gasteiger partial charge in [-0.15, -0.1) is 0 Å². The number of ether oxygens (including phenoxy) is 2. The van der Waals surface area contributed by atoms with Crippen LogP contribution in [0, 0.1) is 42.2 Å². The van der Waals surface area contributed by atoms with E-state index in [1.165, 1.54) is 0 Å². The number of carbonyl (C=O) groups excluding carboxylic acids is 1. The van der Waals surface area contributed by atoms with E-state index in [-0.39, 0.29) is 35.1 Å². The summed E-state index contributed by atoms with van der Waals surface area (Å²) in [5.41, 5.74) is 8.03. The molecular formula is C19H21N3O5. The number of allylic oxidation sites excluding steroid dienone is 2. The largest absolute Gasteiger partial charge is 0.463 e. The minimum Gasteiger partial charge on any atom is -0.463 e. The van der Waals surface area contributed by atoms with Crippen LogP contribution in [0.15, 0.2) is 28.9 Å². The van der Waals surface area contributed by atoms with Crippen LogP contribution in [-0.2, 0) is 14.3 Å². The summed E-state index contributed by atoms with van der Waals surface area (Å²) >= 11 is 0. The Morgan fingerprint density at radius 1 is 1.37 bits per heavy atom. The summed E-state index contributed by atoms with van der Waals surface area (Å²) in [5.74, 6) is -1.48. The molecule has 0 aromatic heterocycles. The zero-order valence-electron chi connectivity index (χ0n) is 15.9. The monoisotopic (exact) mass is 371 g/mol. The van der Waals surface area contributed by atoms with Crippen LogP contribution in [0.3, 0.4) is 0 Å². The molecule has 1 aromatic rings. The van der Waals surface area contributed by atoms with Gasteiger partial charge in [0.15, 0.2) is 0 Å². The molecule has 0 aliphatic carbocycles. The van der Waals surface area contributed by atoms with Crippen LogP contribution in [0.25, 0.3) is 0 Å². The molecule has 0 amide bonds. The number of rotatable bonds is 4. The van der Waals surface area contributed by atoms with E-state index in [0.717, 1.165) is 0 Å². The first-order valence-corrected chi connectivity index (χ1v) is 8.36. The van der Waals surface area contributed by atoms with Crippen molar-refractivity contribution in [3.8, 4) is 6.07 Å². The van der Waals surface area contributed by atoms with Crippen molar-refractivity contribution in [2.24, 2.45) is 5.73 Å². The Morgan fingerprint density at radius 3 is 2.52 bits per heavy atom. The zero-order valence-corrected chi connectivity index (χ0v) is 15.9. The van der Waals surface area contributed by atoms with Gasteiger partial charge >= 0.3 is 5.97 Å². The molecule has 1 atom stereocenters. The molecule has 1 heterocycles. The number of benzene rings is 1. The normalized spacial score (nSPS) is 16.7. The van der Waals surface area contributed by atoms with Crippen molar-refractivity contribution in [3.63, 3.8) is 0 Å². The van der Waals surface area contributed by atoms with Crippen LogP contribution >= 0.6 is 0 Å². The molecule has 0 spiro atoms. The minimum absolute atomic E-state index is 0.0213. The Hall–Kier alpha value is -3.34. The molecule has 2 rings (SSSR count). The van der Waals surface area contributed by atoms with Gasteiger partial charge in [0.1, 0.15) is 17.4 Å². The van der Waals surface area contributed by atoms with Gasteiger partial charge in [0.25, 0.3) is 5.69 Å². The van der Waals surface area contributed by atoms with Crippen molar-refractivity contribution in [1.29, 1.82) is 5.26 Å². The Balaban J connectivity index is 2.88. The third-order valence-electron chi connectivity index (χ3n) is 4.56. The van der Waals surface area contributed by atoms with E-state index in [4.69, 9.17) is 15.2 Å². The molecule has 0 fully saturated rings. The topological polar surface area (TPSA) is 128 Å². The van der Waals surface area contributed by atoms with E-state index in [1.54, 1.807) is 40.7 Å². The molecule has 0 unspecified atom stereocenters. The maximum Gasteiger partial charge on any atom is 0.338 e. The minimum atomic E-state index is -0.901. The van der Waals surface area contributed by atoms with Gasteiger partial charge in [0, 0.05) is 11.1 Å². The second kappa shape index (κ2) is 7.50. The molecule has 1 aliphatic heterocycles. The highest BCUT2D eigenvalue weighted by molar-refractivity contribution is 5.93. The van der Waals surface area contributed by atoms with Crippen molar-refractivity contribution >= 4 is 11.7 Å². The lowest BCUT2D eigenvalue weighted by Crippen LogP contribution is -2.26. The number of esters is 1. The van der Waals surface area contributed by atoms with Gasteiger partial charge < -0.3 is 15.2 Å². The molecule has 0 radical (unpaired) electrons. The van der Waals surface area contributed by atoms with Gasteiger partial charge in [-0.3, -0.25) is 10.1 Å². The van der Waals surface area contributed by atoms with Crippen molar-refractivity contribution in [2.75, 3.05) is 6.61 Å². The Bertz CT molecular complexity index is 938. The van der Waals surface area contributed by atoms with Crippen LogP contribution in [0.4, 0.5) is 5.69 Å². The molecule has 8 heteroatoms. The number of aryl methyl sites for hydroxylation is 2. The number of hydrogen-bond donors (Lipinski definition) is 1. The summed E-state index contributed by atoms with van der Waals surface area (Å²) in [5, 5.41) is 21.2.